The first-order valence-corrected chi connectivity index (χ1v) is 11.5. The van der Waals surface area contributed by atoms with E-state index in [2.05, 4.69) is 20.7 Å². The second kappa shape index (κ2) is 10.1. The molecule has 0 aliphatic rings. The summed E-state index contributed by atoms with van der Waals surface area (Å²) in [7, 11) is -3.42. The first kappa shape index (κ1) is 24.7. The maximum atomic E-state index is 12.6. The molecule has 2 rings (SSSR count). The molecule has 2 aromatic rings. The van der Waals surface area contributed by atoms with E-state index in [0.717, 1.165) is 6.26 Å². The zero-order valence-corrected chi connectivity index (χ0v) is 19.0. The number of rotatable bonds is 7. The van der Waals surface area contributed by atoms with Crippen LogP contribution in [0.2, 0.25) is 0 Å². The molecule has 0 radical (unpaired) electrons. The zero-order valence-electron chi connectivity index (χ0n) is 18.2. The van der Waals surface area contributed by atoms with Crippen molar-refractivity contribution in [2.75, 3.05) is 28.2 Å². The van der Waals surface area contributed by atoms with Gasteiger partial charge in [0.25, 0.3) is 5.91 Å². The van der Waals surface area contributed by atoms with Crippen molar-refractivity contribution in [3.05, 3.63) is 54.1 Å². The Bertz CT molecular complexity index is 1090. The molecule has 0 bridgehead atoms. The number of anilines is 3. The van der Waals surface area contributed by atoms with Crippen molar-refractivity contribution in [2.45, 2.75) is 26.4 Å². The lowest BCUT2D eigenvalue weighted by Crippen LogP contribution is -2.37. The third-order valence-electron chi connectivity index (χ3n) is 3.69. The van der Waals surface area contributed by atoms with Gasteiger partial charge in [0.2, 0.25) is 15.9 Å². The average Bonchev–Trinajstić information content (AvgIpc) is 2.66. The van der Waals surface area contributed by atoms with Crippen LogP contribution in [0.1, 0.15) is 31.1 Å². The maximum Gasteiger partial charge on any atom is 0.408 e. The second-order valence-electron chi connectivity index (χ2n) is 7.85. The molecule has 0 unspecified atom stereocenters. The molecule has 3 amide bonds. The molecule has 0 aliphatic heterocycles. The summed E-state index contributed by atoms with van der Waals surface area (Å²) < 4.78 is 29.9. The molecule has 0 fully saturated rings. The van der Waals surface area contributed by atoms with Gasteiger partial charge in [-0.1, -0.05) is 12.1 Å². The fraction of sp³-hybridized carbons (Fsp3) is 0.286. The van der Waals surface area contributed by atoms with Gasteiger partial charge in [0.05, 0.1) is 17.6 Å². The highest BCUT2D eigenvalue weighted by Gasteiger charge is 2.17. The van der Waals surface area contributed by atoms with Crippen molar-refractivity contribution in [1.29, 1.82) is 0 Å². The van der Waals surface area contributed by atoms with Crippen molar-refractivity contribution < 1.29 is 27.5 Å². The van der Waals surface area contributed by atoms with Crippen LogP contribution in [0.4, 0.5) is 21.9 Å². The summed E-state index contributed by atoms with van der Waals surface area (Å²) in [5.74, 6) is -0.960. The molecule has 0 aliphatic carbocycles. The topological polar surface area (TPSA) is 143 Å². The van der Waals surface area contributed by atoms with Crippen LogP contribution >= 0.6 is 0 Å². The van der Waals surface area contributed by atoms with Crippen LogP contribution in [-0.4, -0.2) is 44.7 Å². The lowest BCUT2D eigenvalue weighted by Gasteiger charge is -2.19. The van der Waals surface area contributed by atoms with E-state index in [0.29, 0.717) is 17.1 Å². The molecule has 0 saturated carbocycles. The van der Waals surface area contributed by atoms with Crippen LogP contribution in [0.25, 0.3) is 0 Å². The van der Waals surface area contributed by atoms with E-state index in [9.17, 15) is 22.8 Å². The SMILES string of the molecule is CC(C)(C)OC(=O)NCC(=O)Nc1ccccc1NC(=O)c1ccc(NS(C)(=O)=O)cc1. The number of carbonyl (C=O) groups is 3. The molecule has 0 atom stereocenters. The van der Waals surface area contributed by atoms with Gasteiger partial charge in [-0.3, -0.25) is 14.3 Å². The molecule has 2 aromatic carbocycles. The van der Waals surface area contributed by atoms with Crippen molar-refractivity contribution in [2.24, 2.45) is 0 Å². The molecular formula is C21H26N4O6S. The van der Waals surface area contributed by atoms with Gasteiger partial charge >= 0.3 is 6.09 Å². The summed E-state index contributed by atoms with van der Waals surface area (Å²) in [6, 6.07) is 12.4. The zero-order chi connectivity index (χ0) is 23.9. The highest BCUT2D eigenvalue weighted by Crippen LogP contribution is 2.22. The number of carbonyl (C=O) groups excluding carboxylic acids is 3. The molecule has 0 aromatic heterocycles. The van der Waals surface area contributed by atoms with Gasteiger partial charge in [-0.15, -0.1) is 0 Å². The molecule has 4 N–H and O–H groups in total. The maximum absolute atomic E-state index is 12.6. The Balaban J connectivity index is 2.00. The number of sulfonamides is 1. The van der Waals surface area contributed by atoms with Gasteiger partial charge in [0.1, 0.15) is 12.1 Å². The minimum atomic E-state index is -3.42. The van der Waals surface area contributed by atoms with Crippen molar-refractivity contribution in [1.82, 2.24) is 5.32 Å². The average molecular weight is 463 g/mol. The number of hydrogen-bond acceptors (Lipinski definition) is 6. The van der Waals surface area contributed by atoms with Gasteiger partial charge < -0.3 is 20.7 Å². The number of ether oxygens (including phenoxy) is 1. The third kappa shape index (κ3) is 8.64. The van der Waals surface area contributed by atoms with Crippen molar-refractivity contribution in [3.63, 3.8) is 0 Å². The number of nitrogens with one attached hydrogen (secondary N) is 4. The summed E-state index contributed by atoms with van der Waals surface area (Å²) in [6.45, 7) is 4.82. The predicted molar refractivity (Wildman–Crippen MR) is 122 cm³/mol. The summed E-state index contributed by atoms with van der Waals surface area (Å²) in [6.07, 6.45) is 0.310. The number of benzene rings is 2. The Morgan fingerprint density at radius 1 is 0.906 bits per heavy atom. The standard InChI is InChI=1S/C21H26N4O6S/c1-21(2,3)31-20(28)22-13-18(26)23-16-7-5-6-8-17(16)24-19(27)14-9-11-15(12-10-14)25-32(4,29)30/h5-12,25H,13H2,1-4H3,(H,22,28)(H,23,26)(H,24,27). The molecular weight excluding hydrogens is 436 g/mol. The molecule has 11 heteroatoms. The van der Waals surface area contributed by atoms with Crippen LogP contribution in [0.3, 0.4) is 0 Å². The molecule has 0 spiro atoms. The van der Waals surface area contributed by atoms with E-state index in [1.54, 1.807) is 45.0 Å². The van der Waals surface area contributed by atoms with E-state index in [4.69, 9.17) is 4.74 Å². The summed E-state index contributed by atoms with van der Waals surface area (Å²) >= 11 is 0. The van der Waals surface area contributed by atoms with Gasteiger partial charge in [0.15, 0.2) is 0 Å². The van der Waals surface area contributed by atoms with Crippen LogP contribution in [-0.2, 0) is 19.6 Å². The lowest BCUT2D eigenvalue weighted by molar-refractivity contribution is -0.115. The largest absolute Gasteiger partial charge is 0.444 e. The smallest absolute Gasteiger partial charge is 0.408 e. The van der Waals surface area contributed by atoms with Gasteiger partial charge in [-0.25, -0.2) is 13.2 Å². The first-order chi connectivity index (χ1) is 14.8. The van der Waals surface area contributed by atoms with Crippen molar-refractivity contribution in [3.8, 4) is 0 Å². The Hall–Kier alpha value is -3.60. The molecule has 32 heavy (non-hydrogen) atoms. The fourth-order valence-corrected chi connectivity index (χ4v) is 3.02. The quantitative estimate of drug-likeness (QED) is 0.498. The lowest BCUT2D eigenvalue weighted by atomic mass is 10.2. The molecule has 172 valence electrons. The monoisotopic (exact) mass is 462 g/mol. The van der Waals surface area contributed by atoms with Gasteiger partial charge in [-0.05, 0) is 57.2 Å². The van der Waals surface area contributed by atoms with Crippen molar-refractivity contribution >= 4 is 45.0 Å². The highest BCUT2D eigenvalue weighted by molar-refractivity contribution is 7.92. The van der Waals surface area contributed by atoms with E-state index in [-0.39, 0.29) is 12.1 Å². The fourth-order valence-electron chi connectivity index (χ4n) is 2.46. The molecule has 10 nitrogen and oxygen atoms in total. The molecule has 0 heterocycles. The first-order valence-electron chi connectivity index (χ1n) is 9.57. The number of alkyl carbamates (subject to hydrolysis) is 1. The van der Waals surface area contributed by atoms with E-state index in [1.807, 2.05) is 0 Å². The minimum Gasteiger partial charge on any atom is -0.444 e. The third-order valence-corrected chi connectivity index (χ3v) is 4.30. The van der Waals surface area contributed by atoms with E-state index >= 15 is 0 Å². The normalized spacial score (nSPS) is 11.2. The minimum absolute atomic E-state index is 0.289. The summed E-state index contributed by atoms with van der Waals surface area (Å²) in [5, 5.41) is 7.67. The second-order valence-corrected chi connectivity index (χ2v) is 9.60. The molecule has 0 saturated heterocycles. The number of hydrogen-bond donors (Lipinski definition) is 4. The van der Waals surface area contributed by atoms with Crippen LogP contribution < -0.4 is 20.7 Å². The Kier molecular flexibility index (Phi) is 7.82. The van der Waals surface area contributed by atoms with Crippen LogP contribution in [0.15, 0.2) is 48.5 Å². The van der Waals surface area contributed by atoms with Crippen LogP contribution in [0.5, 0.6) is 0 Å². The van der Waals surface area contributed by atoms with Crippen LogP contribution in [0, 0.1) is 0 Å². The Labute approximate surface area is 186 Å². The number of para-hydroxylation sites is 2. The van der Waals surface area contributed by atoms with E-state index < -0.39 is 33.5 Å². The summed E-state index contributed by atoms with van der Waals surface area (Å²) in [5.41, 5.74) is 0.621. The predicted octanol–water partition coefficient (Wildman–Crippen LogP) is 2.77. The van der Waals surface area contributed by atoms with Gasteiger partial charge in [0, 0.05) is 11.3 Å². The number of amides is 3. The Morgan fingerprint density at radius 3 is 2.00 bits per heavy atom. The summed E-state index contributed by atoms with van der Waals surface area (Å²) in [4.78, 5) is 36.4. The Morgan fingerprint density at radius 2 is 1.47 bits per heavy atom. The van der Waals surface area contributed by atoms with E-state index in [1.165, 1.54) is 24.3 Å². The highest BCUT2D eigenvalue weighted by atomic mass is 32.2. The van der Waals surface area contributed by atoms with Gasteiger partial charge in [-0.2, -0.15) is 0 Å².